The Hall–Kier alpha value is -2.28. The first-order chi connectivity index (χ1) is 8.76. The molecule has 0 fully saturated rings. The van der Waals surface area contributed by atoms with Gasteiger partial charge >= 0.3 is 0 Å². The topological polar surface area (TPSA) is 111 Å². The van der Waals surface area contributed by atoms with E-state index >= 15 is 0 Å². The van der Waals surface area contributed by atoms with Gasteiger partial charge in [0, 0.05) is 18.7 Å². The van der Waals surface area contributed by atoms with Crippen LogP contribution in [0.4, 0.5) is 5.95 Å². The van der Waals surface area contributed by atoms with E-state index in [0.29, 0.717) is 17.0 Å². The van der Waals surface area contributed by atoms with Crippen molar-refractivity contribution in [3.8, 4) is 0 Å². The van der Waals surface area contributed by atoms with Crippen LogP contribution in [0.15, 0.2) is 23.4 Å². The first-order valence-electron chi connectivity index (χ1n) is 5.61. The van der Waals surface area contributed by atoms with Gasteiger partial charge in [0.1, 0.15) is 5.52 Å². The molecule has 1 aromatic heterocycles. The van der Waals surface area contributed by atoms with Crippen molar-refractivity contribution in [3.63, 3.8) is 0 Å². The van der Waals surface area contributed by atoms with Gasteiger partial charge in [-0.1, -0.05) is 11.2 Å². The molecule has 0 unspecified atom stereocenters. The molecule has 1 aromatic carbocycles. The number of hydrogen-bond acceptors (Lipinski definition) is 5. The van der Waals surface area contributed by atoms with Gasteiger partial charge in [0.2, 0.25) is 5.95 Å². The van der Waals surface area contributed by atoms with Crippen LogP contribution in [-0.2, 0) is 0 Å². The number of rotatable bonds is 5. The number of imidazole rings is 1. The summed E-state index contributed by atoms with van der Waals surface area (Å²) < 4.78 is 0. The summed E-state index contributed by atoms with van der Waals surface area (Å²) in [7, 11) is 1.89. The van der Waals surface area contributed by atoms with Crippen molar-refractivity contribution in [2.75, 3.05) is 25.5 Å². The summed E-state index contributed by atoms with van der Waals surface area (Å²) in [6.07, 6.45) is 0. The summed E-state index contributed by atoms with van der Waals surface area (Å²) >= 11 is 0. The van der Waals surface area contributed by atoms with Crippen LogP contribution in [-0.4, -0.2) is 41.1 Å². The Morgan fingerprint density at radius 1 is 1.50 bits per heavy atom. The number of nitrogens with one attached hydrogen (secondary N) is 3. The minimum absolute atomic E-state index is 0.0499. The minimum Gasteiger partial charge on any atom is -0.409 e. The number of H-pyrrole nitrogens is 1. The number of aromatic amines is 1. The van der Waals surface area contributed by atoms with Gasteiger partial charge in [0.25, 0.3) is 0 Å². The highest BCUT2D eigenvalue weighted by Gasteiger charge is 2.09. The second kappa shape index (κ2) is 5.37. The highest BCUT2D eigenvalue weighted by Crippen LogP contribution is 2.18. The Morgan fingerprint density at radius 3 is 3.06 bits per heavy atom. The van der Waals surface area contributed by atoms with Crippen LogP contribution in [0.1, 0.15) is 5.56 Å². The van der Waals surface area contributed by atoms with Crippen LogP contribution < -0.4 is 16.4 Å². The number of likely N-dealkylation sites (N-methyl/N-ethyl adjacent to an activating group) is 1. The number of oxime groups is 1. The monoisotopic (exact) mass is 248 g/mol. The van der Waals surface area contributed by atoms with Gasteiger partial charge in [-0.3, -0.25) is 0 Å². The molecular formula is C11H16N6O. The molecule has 0 spiro atoms. The highest BCUT2D eigenvalue weighted by atomic mass is 16.4. The van der Waals surface area contributed by atoms with Gasteiger partial charge in [-0.15, -0.1) is 0 Å². The largest absolute Gasteiger partial charge is 0.409 e. The molecule has 0 aliphatic rings. The average Bonchev–Trinajstić information content (AvgIpc) is 2.80. The number of para-hydroxylation sites is 1. The highest BCUT2D eigenvalue weighted by molar-refractivity contribution is 6.07. The third-order valence-corrected chi connectivity index (χ3v) is 2.56. The summed E-state index contributed by atoms with van der Waals surface area (Å²) in [5.74, 6) is 0.715. The maximum atomic E-state index is 8.73. The molecule has 18 heavy (non-hydrogen) atoms. The molecule has 2 aromatic rings. The molecule has 7 heteroatoms. The van der Waals surface area contributed by atoms with E-state index in [0.717, 1.165) is 18.6 Å². The van der Waals surface area contributed by atoms with Gasteiger partial charge in [-0.2, -0.15) is 0 Å². The maximum absolute atomic E-state index is 8.73. The van der Waals surface area contributed by atoms with Crippen LogP contribution in [0.5, 0.6) is 0 Å². The Morgan fingerprint density at radius 2 is 2.33 bits per heavy atom. The van der Waals surface area contributed by atoms with Crippen molar-refractivity contribution in [2.24, 2.45) is 10.9 Å². The van der Waals surface area contributed by atoms with Crippen LogP contribution in [0, 0.1) is 0 Å². The van der Waals surface area contributed by atoms with E-state index in [9.17, 15) is 0 Å². The standard InChI is InChI=1S/C11H16N6O/c1-13-5-6-14-11-15-8-4-2-3-7(9(8)16-11)10(12)17-18/h2-4,13,18H,5-6H2,1H3,(H2,12,17)(H2,14,15,16). The summed E-state index contributed by atoms with van der Waals surface area (Å²) in [4.78, 5) is 7.52. The van der Waals surface area contributed by atoms with Gasteiger partial charge < -0.3 is 26.6 Å². The molecule has 0 aliphatic carbocycles. The van der Waals surface area contributed by atoms with Crippen LogP contribution in [0.2, 0.25) is 0 Å². The number of benzene rings is 1. The molecular weight excluding hydrogens is 232 g/mol. The molecule has 0 aliphatic heterocycles. The molecule has 0 bridgehead atoms. The minimum atomic E-state index is 0.0499. The number of fused-ring (bicyclic) bond motifs is 1. The van der Waals surface area contributed by atoms with Crippen molar-refractivity contribution < 1.29 is 5.21 Å². The molecule has 0 amide bonds. The first-order valence-corrected chi connectivity index (χ1v) is 5.61. The summed E-state index contributed by atoms with van der Waals surface area (Å²) in [5.41, 5.74) is 7.73. The lowest BCUT2D eigenvalue weighted by atomic mass is 10.2. The molecule has 96 valence electrons. The van der Waals surface area contributed by atoms with E-state index in [2.05, 4.69) is 25.8 Å². The summed E-state index contributed by atoms with van der Waals surface area (Å²) in [6.45, 7) is 1.60. The maximum Gasteiger partial charge on any atom is 0.201 e. The predicted octanol–water partition coefficient (Wildman–Crippen LogP) is 0.289. The second-order valence-electron chi connectivity index (χ2n) is 3.80. The predicted molar refractivity (Wildman–Crippen MR) is 71.0 cm³/mol. The number of nitrogens with zero attached hydrogens (tertiary/aromatic N) is 2. The van der Waals surface area contributed by atoms with Crippen LogP contribution in [0.3, 0.4) is 0 Å². The lowest BCUT2D eigenvalue weighted by Gasteiger charge is -2.00. The van der Waals surface area contributed by atoms with Crippen molar-refractivity contribution >= 4 is 22.8 Å². The number of hydrogen-bond donors (Lipinski definition) is 5. The Balaban J connectivity index is 2.32. The SMILES string of the molecule is CNCCNc1nc2c(C(N)=NO)cccc2[nH]1. The van der Waals surface area contributed by atoms with E-state index in [1.165, 1.54) is 0 Å². The van der Waals surface area contributed by atoms with E-state index in [4.69, 9.17) is 10.9 Å². The van der Waals surface area contributed by atoms with Crippen molar-refractivity contribution in [2.45, 2.75) is 0 Å². The third kappa shape index (κ3) is 2.35. The smallest absolute Gasteiger partial charge is 0.201 e. The van der Waals surface area contributed by atoms with Crippen LogP contribution in [0.25, 0.3) is 11.0 Å². The molecule has 1 heterocycles. The lowest BCUT2D eigenvalue weighted by Crippen LogP contribution is -2.18. The van der Waals surface area contributed by atoms with Crippen molar-refractivity contribution in [3.05, 3.63) is 23.8 Å². The molecule has 2 rings (SSSR count). The van der Waals surface area contributed by atoms with Crippen molar-refractivity contribution in [1.82, 2.24) is 15.3 Å². The van der Waals surface area contributed by atoms with E-state index in [1.54, 1.807) is 6.07 Å². The molecule has 0 atom stereocenters. The quantitative estimate of drug-likeness (QED) is 0.172. The zero-order valence-electron chi connectivity index (χ0n) is 10.1. The molecule has 6 N–H and O–H groups in total. The normalized spacial score (nSPS) is 11.9. The average molecular weight is 248 g/mol. The van der Waals surface area contributed by atoms with Gasteiger partial charge in [-0.25, -0.2) is 4.98 Å². The van der Waals surface area contributed by atoms with E-state index in [-0.39, 0.29) is 5.84 Å². The Bertz CT molecular complexity index is 562. The molecule has 0 radical (unpaired) electrons. The Labute approximate surface area is 104 Å². The fourth-order valence-electron chi connectivity index (χ4n) is 1.68. The Kier molecular flexibility index (Phi) is 3.63. The fraction of sp³-hybridized carbons (Fsp3) is 0.273. The second-order valence-corrected chi connectivity index (χ2v) is 3.80. The number of aromatic nitrogens is 2. The first kappa shape index (κ1) is 12.2. The van der Waals surface area contributed by atoms with Crippen LogP contribution >= 0.6 is 0 Å². The van der Waals surface area contributed by atoms with Gasteiger partial charge in [0.15, 0.2) is 5.84 Å². The zero-order chi connectivity index (χ0) is 13.0. The number of anilines is 1. The van der Waals surface area contributed by atoms with E-state index < -0.39 is 0 Å². The lowest BCUT2D eigenvalue weighted by molar-refractivity contribution is 0.318. The molecule has 7 nitrogen and oxygen atoms in total. The number of amidine groups is 1. The molecule has 0 saturated heterocycles. The van der Waals surface area contributed by atoms with E-state index in [1.807, 2.05) is 19.2 Å². The van der Waals surface area contributed by atoms with Gasteiger partial charge in [-0.05, 0) is 19.2 Å². The van der Waals surface area contributed by atoms with Gasteiger partial charge in [0.05, 0.1) is 5.52 Å². The third-order valence-electron chi connectivity index (χ3n) is 2.56. The fourth-order valence-corrected chi connectivity index (χ4v) is 1.68. The summed E-state index contributed by atoms with van der Waals surface area (Å²) in [5, 5.41) is 17.9. The molecule has 0 saturated carbocycles. The summed E-state index contributed by atoms with van der Waals surface area (Å²) in [6, 6.07) is 5.47. The number of nitrogens with two attached hydrogens (primary N) is 1. The zero-order valence-corrected chi connectivity index (χ0v) is 10.1. The van der Waals surface area contributed by atoms with Crippen molar-refractivity contribution in [1.29, 1.82) is 0 Å².